The fourth-order valence-corrected chi connectivity index (χ4v) is 2.41. The largest absolute Gasteiger partial charge is 0.486 e. The zero-order chi connectivity index (χ0) is 12.7. The molecule has 2 N–H and O–H groups in total. The van der Waals surface area contributed by atoms with E-state index in [0.717, 1.165) is 21.3 Å². The zero-order valence-corrected chi connectivity index (χ0v) is 11.3. The van der Waals surface area contributed by atoms with Crippen LogP contribution in [0.3, 0.4) is 0 Å². The van der Waals surface area contributed by atoms with E-state index in [0.29, 0.717) is 30.5 Å². The van der Waals surface area contributed by atoms with Gasteiger partial charge in [0.25, 0.3) is 0 Å². The van der Waals surface area contributed by atoms with Gasteiger partial charge in [-0.15, -0.1) is 0 Å². The van der Waals surface area contributed by atoms with Gasteiger partial charge in [0.2, 0.25) is 0 Å². The Morgan fingerprint density at radius 3 is 2.78 bits per heavy atom. The number of hydrogen-bond donors (Lipinski definition) is 1. The first-order valence-electron chi connectivity index (χ1n) is 5.48. The van der Waals surface area contributed by atoms with Crippen LogP contribution in [0.2, 0.25) is 0 Å². The first-order chi connectivity index (χ1) is 8.66. The molecule has 0 unspecified atom stereocenters. The molecule has 0 aliphatic carbocycles. The molecule has 18 heavy (non-hydrogen) atoms. The van der Waals surface area contributed by atoms with Crippen LogP contribution < -0.4 is 15.2 Å². The Hall–Kier alpha value is -1.69. The molecule has 0 fully saturated rings. The van der Waals surface area contributed by atoms with Crippen LogP contribution >= 0.6 is 15.9 Å². The maximum Gasteiger partial charge on any atom is 0.170 e. The van der Waals surface area contributed by atoms with Crippen LogP contribution in [0.5, 0.6) is 11.5 Å². The van der Waals surface area contributed by atoms with Crippen molar-refractivity contribution in [2.45, 2.75) is 6.92 Å². The topological polar surface area (TPSA) is 70.5 Å². The first kappa shape index (κ1) is 11.4. The molecule has 1 aliphatic rings. The van der Waals surface area contributed by atoms with E-state index >= 15 is 0 Å². The predicted molar refractivity (Wildman–Crippen MR) is 69.8 cm³/mol. The molecule has 0 atom stereocenters. The monoisotopic (exact) mass is 310 g/mol. The summed E-state index contributed by atoms with van der Waals surface area (Å²) in [6.45, 7) is 3.07. The molecular weight excluding hydrogens is 300 g/mol. The van der Waals surface area contributed by atoms with E-state index in [4.69, 9.17) is 19.7 Å². The van der Waals surface area contributed by atoms with Gasteiger partial charge in [0.15, 0.2) is 23.1 Å². The summed E-state index contributed by atoms with van der Waals surface area (Å²) in [5.41, 5.74) is 7.38. The van der Waals surface area contributed by atoms with Gasteiger partial charge in [0.1, 0.15) is 13.2 Å². The Balaban J connectivity index is 2.18. The fourth-order valence-electron chi connectivity index (χ4n) is 1.92. The molecule has 0 spiro atoms. The normalized spacial score (nSPS) is 13.7. The van der Waals surface area contributed by atoms with Crippen LogP contribution in [0.25, 0.3) is 11.3 Å². The fraction of sp³-hybridized carbons (Fsp3) is 0.250. The minimum absolute atomic E-state index is 0.351. The molecule has 0 saturated heterocycles. The highest BCUT2D eigenvalue weighted by atomic mass is 79.9. The van der Waals surface area contributed by atoms with E-state index in [1.54, 1.807) is 6.07 Å². The van der Waals surface area contributed by atoms with Crippen LogP contribution in [0.15, 0.2) is 21.1 Å². The molecule has 1 aromatic carbocycles. The number of benzene rings is 1. The number of halogens is 1. The standard InChI is InChI=1S/C12H11BrN2O3/c1-6-11(13)7(8-5-10(14)15-18-8)4-9-12(6)17-3-2-16-9/h4-5H,2-3H2,1H3,(H2,14,15). The molecule has 0 radical (unpaired) electrons. The lowest BCUT2D eigenvalue weighted by Gasteiger charge is -2.21. The van der Waals surface area contributed by atoms with Gasteiger partial charge in [0.05, 0.1) is 0 Å². The number of anilines is 1. The molecule has 1 aliphatic heterocycles. The quantitative estimate of drug-likeness (QED) is 0.877. The molecule has 0 bridgehead atoms. The lowest BCUT2D eigenvalue weighted by atomic mass is 10.1. The predicted octanol–water partition coefficient (Wildman–Crippen LogP) is 2.77. The van der Waals surface area contributed by atoms with E-state index in [1.807, 2.05) is 13.0 Å². The van der Waals surface area contributed by atoms with E-state index < -0.39 is 0 Å². The summed E-state index contributed by atoms with van der Waals surface area (Å²) in [5.74, 6) is 2.43. The number of fused-ring (bicyclic) bond motifs is 1. The number of nitrogens with two attached hydrogens (primary N) is 1. The van der Waals surface area contributed by atoms with Gasteiger partial charge in [-0.2, -0.15) is 0 Å². The molecule has 2 aromatic rings. The maximum absolute atomic E-state index is 5.61. The Bertz CT molecular complexity index is 610. The molecular formula is C12H11BrN2O3. The second-order valence-electron chi connectivity index (χ2n) is 4.00. The molecule has 1 aromatic heterocycles. The second-order valence-corrected chi connectivity index (χ2v) is 4.80. The number of nitrogens with zero attached hydrogens (tertiary/aromatic N) is 1. The lowest BCUT2D eigenvalue weighted by Crippen LogP contribution is -2.16. The van der Waals surface area contributed by atoms with Gasteiger partial charge in [-0.25, -0.2) is 0 Å². The Morgan fingerprint density at radius 1 is 1.28 bits per heavy atom. The zero-order valence-electron chi connectivity index (χ0n) is 9.70. The van der Waals surface area contributed by atoms with Crippen LogP contribution in [0.4, 0.5) is 5.82 Å². The number of hydrogen-bond acceptors (Lipinski definition) is 5. The van der Waals surface area contributed by atoms with Crippen molar-refractivity contribution < 1.29 is 14.0 Å². The van der Waals surface area contributed by atoms with Gasteiger partial charge >= 0.3 is 0 Å². The number of rotatable bonds is 1. The van der Waals surface area contributed by atoms with Gasteiger partial charge in [0, 0.05) is 21.7 Å². The summed E-state index contributed by atoms with van der Waals surface area (Å²) in [6.07, 6.45) is 0. The van der Waals surface area contributed by atoms with Crippen molar-refractivity contribution in [2.75, 3.05) is 18.9 Å². The van der Waals surface area contributed by atoms with Gasteiger partial charge < -0.3 is 19.7 Å². The highest BCUT2D eigenvalue weighted by Gasteiger charge is 2.21. The first-order valence-corrected chi connectivity index (χ1v) is 6.27. The molecule has 5 nitrogen and oxygen atoms in total. The van der Waals surface area contributed by atoms with Crippen LogP contribution in [-0.4, -0.2) is 18.4 Å². The minimum Gasteiger partial charge on any atom is -0.486 e. The van der Waals surface area contributed by atoms with Crippen molar-refractivity contribution in [3.63, 3.8) is 0 Å². The maximum atomic E-state index is 5.61. The SMILES string of the molecule is Cc1c(Br)c(-c2cc(N)no2)cc2c1OCCO2. The highest BCUT2D eigenvalue weighted by molar-refractivity contribution is 9.10. The summed E-state index contributed by atoms with van der Waals surface area (Å²) in [7, 11) is 0. The Kier molecular flexibility index (Phi) is 2.66. The smallest absolute Gasteiger partial charge is 0.170 e. The molecule has 94 valence electrons. The Labute approximate surface area is 112 Å². The van der Waals surface area contributed by atoms with E-state index in [9.17, 15) is 0 Å². The van der Waals surface area contributed by atoms with Crippen molar-refractivity contribution in [1.82, 2.24) is 5.16 Å². The van der Waals surface area contributed by atoms with Crippen molar-refractivity contribution in [1.29, 1.82) is 0 Å². The summed E-state index contributed by atoms with van der Waals surface area (Å²) in [6, 6.07) is 3.54. The molecule has 2 heterocycles. The third-order valence-electron chi connectivity index (χ3n) is 2.79. The summed E-state index contributed by atoms with van der Waals surface area (Å²) >= 11 is 3.54. The molecule has 0 saturated carbocycles. The number of ether oxygens (including phenoxy) is 2. The molecule has 0 amide bonds. The third kappa shape index (κ3) is 1.73. The van der Waals surface area contributed by atoms with Gasteiger partial charge in [-0.1, -0.05) is 5.16 Å². The highest BCUT2D eigenvalue weighted by Crippen LogP contribution is 2.43. The van der Waals surface area contributed by atoms with E-state index in [1.165, 1.54) is 0 Å². The van der Waals surface area contributed by atoms with Crippen molar-refractivity contribution in [3.8, 4) is 22.8 Å². The average molecular weight is 311 g/mol. The number of nitrogen functional groups attached to an aromatic ring is 1. The average Bonchev–Trinajstić information content (AvgIpc) is 2.80. The van der Waals surface area contributed by atoms with Crippen LogP contribution in [-0.2, 0) is 0 Å². The summed E-state index contributed by atoms with van der Waals surface area (Å²) in [4.78, 5) is 0. The van der Waals surface area contributed by atoms with E-state index in [2.05, 4.69) is 21.1 Å². The van der Waals surface area contributed by atoms with Crippen LogP contribution in [0.1, 0.15) is 5.56 Å². The lowest BCUT2D eigenvalue weighted by molar-refractivity contribution is 0.170. The van der Waals surface area contributed by atoms with Gasteiger partial charge in [-0.3, -0.25) is 0 Å². The van der Waals surface area contributed by atoms with Crippen molar-refractivity contribution >= 4 is 21.7 Å². The summed E-state index contributed by atoms with van der Waals surface area (Å²) in [5, 5.41) is 3.69. The van der Waals surface area contributed by atoms with Crippen molar-refractivity contribution in [2.24, 2.45) is 0 Å². The minimum atomic E-state index is 0.351. The van der Waals surface area contributed by atoms with Gasteiger partial charge in [-0.05, 0) is 28.9 Å². The van der Waals surface area contributed by atoms with Crippen LogP contribution in [0, 0.1) is 6.92 Å². The Morgan fingerprint density at radius 2 is 2.06 bits per heavy atom. The molecule has 3 rings (SSSR count). The molecule has 6 heteroatoms. The second kappa shape index (κ2) is 4.20. The number of aromatic nitrogens is 1. The van der Waals surface area contributed by atoms with Crippen molar-refractivity contribution in [3.05, 3.63) is 22.2 Å². The summed E-state index contributed by atoms with van der Waals surface area (Å²) < 4.78 is 17.3. The van der Waals surface area contributed by atoms with E-state index in [-0.39, 0.29) is 0 Å². The third-order valence-corrected chi connectivity index (χ3v) is 3.81.